The van der Waals surface area contributed by atoms with Crippen LogP contribution >= 0.6 is 0 Å². The van der Waals surface area contributed by atoms with Crippen LogP contribution in [0.1, 0.15) is 41.3 Å². The SMILES string of the molecule is C[C@H]1CCCN(Cc2ccc(C(=O)NCc3cccc4ccccc34)cc2)C1. The second kappa shape index (κ2) is 8.57. The third-order valence-electron chi connectivity index (χ3n) is 5.68. The smallest absolute Gasteiger partial charge is 0.251 e. The Kier molecular flexibility index (Phi) is 5.73. The van der Waals surface area contributed by atoms with Gasteiger partial charge in [0.05, 0.1) is 0 Å². The van der Waals surface area contributed by atoms with Gasteiger partial charge in [0.2, 0.25) is 0 Å². The van der Waals surface area contributed by atoms with Crippen molar-refractivity contribution in [2.75, 3.05) is 13.1 Å². The Morgan fingerprint density at radius 2 is 1.82 bits per heavy atom. The molecule has 1 N–H and O–H groups in total. The van der Waals surface area contributed by atoms with Crippen molar-refractivity contribution in [3.63, 3.8) is 0 Å². The van der Waals surface area contributed by atoms with Crippen molar-refractivity contribution in [2.24, 2.45) is 5.92 Å². The first-order valence-electron chi connectivity index (χ1n) is 10.3. The third-order valence-corrected chi connectivity index (χ3v) is 5.68. The maximum Gasteiger partial charge on any atom is 0.251 e. The Morgan fingerprint density at radius 1 is 1.04 bits per heavy atom. The molecule has 1 aliphatic rings. The molecule has 0 spiro atoms. The number of benzene rings is 3. The summed E-state index contributed by atoms with van der Waals surface area (Å²) >= 11 is 0. The molecule has 1 amide bonds. The van der Waals surface area contributed by atoms with E-state index in [1.165, 1.54) is 42.3 Å². The van der Waals surface area contributed by atoms with Crippen LogP contribution in [0.3, 0.4) is 0 Å². The first-order valence-corrected chi connectivity index (χ1v) is 10.3. The second-order valence-electron chi connectivity index (χ2n) is 8.00. The highest BCUT2D eigenvalue weighted by Crippen LogP contribution is 2.19. The maximum absolute atomic E-state index is 12.6. The molecule has 0 aromatic heterocycles. The highest BCUT2D eigenvalue weighted by Gasteiger charge is 2.16. The number of amides is 1. The quantitative estimate of drug-likeness (QED) is 0.683. The molecule has 3 heteroatoms. The van der Waals surface area contributed by atoms with Crippen molar-refractivity contribution in [1.29, 1.82) is 0 Å². The average Bonchev–Trinajstić information content (AvgIpc) is 2.72. The van der Waals surface area contributed by atoms with Gasteiger partial charge in [0.1, 0.15) is 0 Å². The van der Waals surface area contributed by atoms with Gasteiger partial charge in [0.15, 0.2) is 0 Å². The number of likely N-dealkylation sites (tertiary alicyclic amines) is 1. The van der Waals surface area contributed by atoms with E-state index in [1.807, 2.05) is 30.3 Å². The topological polar surface area (TPSA) is 32.3 Å². The van der Waals surface area contributed by atoms with Gasteiger partial charge in [0, 0.05) is 25.2 Å². The predicted molar refractivity (Wildman–Crippen MR) is 115 cm³/mol. The zero-order chi connectivity index (χ0) is 19.3. The molecule has 0 unspecified atom stereocenters. The number of nitrogens with one attached hydrogen (secondary N) is 1. The lowest BCUT2D eigenvalue weighted by atomic mass is 9.99. The number of fused-ring (bicyclic) bond motifs is 1. The average molecular weight is 373 g/mol. The number of hydrogen-bond donors (Lipinski definition) is 1. The minimum Gasteiger partial charge on any atom is -0.348 e. The van der Waals surface area contributed by atoms with Crippen LogP contribution in [0.15, 0.2) is 66.7 Å². The van der Waals surface area contributed by atoms with Crippen molar-refractivity contribution < 1.29 is 4.79 Å². The summed E-state index contributed by atoms with van der Waals surface area (Å²) in [5.41, 5.74) is 3.14. The Hall–Kier alpha value is -2.65. The van der Waals surface area contributed by atoms with Crippen molar-refractivity contribution >= 4 is 16.7 Å². The first kappa shape index (κ1) is 18.7. The van der Waals surface area contributed by atoms with Gasteiger partial charge in [-0.05, 0) is 59.3 Å². The molecule has 1 heterocycles. The van der Waals surface area contributed by atoms with Gasteiger partial charge < -0.3 is 5.32 Å². The monoisotopic (exact) mass is 372 g/mol. The zero-order valence-electron chi connectivity index (χ0n) is 16.5. The summed E-state index contributed by atoms with van der Waals surface area (Å²) in [5, 5.41) is 5.46. The molecule has 144 valence electrons. The van der Waals surface area contributed by atoms with E-state index in [0.717, 1.165) is 23.6 Å². The third kappa shape index (κ3) is 4.42. The first-order chi connectivity index (χ1) is 13.7. The molecule has 1 atom stereocenters. The predicted octanol–water partition coefficient (Wildman–Crippen LogP) is 5.00. The number of rotatable bonds is 5. The number of carbonyl (C=O) groups excluding carboxylic acids is 1. The summed E-state index contributed by atoms with van der Waals surface area (Å²) in [7, 11) is 0. The minimum atomic E-state index is -0.0221. The summed E-state index contributed by atoms with van der Waals surface area (Å²) in [6.07, 6.45) is 2.63. The molecule has 3 aromatic carbocycles. The van der Waals surface area contributed by atoms with Gasteiger partial charge in [-0.25, -0.2) is 0 Å². The molecule has 1 aliphatic heterocycles. The van der Waals surface area contributed by atoms with Gasteiger partial charge in [-0.1, -0.05) is 61.5 Å². The van der Waals surface area contributed by atoms with Gasteiger partial charge in [-0.3, -0.25) is 9.69 Å². The van der Waals surface area contributed by atoms with Crippen molar-refractivity contribution in [2.45, 2.75) is 32.9 Å². The van der Waals surface area contributed by atoms with Crippen molar-refractivity contribution in [1.82, 2.24) is 10.2 Å². The van der Waals surface area contributed by atoms with Crippen LogP contribution < -0.4 is 5.32 Å². The van der Waals surface area contributed by atoms with Crippen LogP contribution in [-0.4, -0.2) is 23.9 Å². The van der Waals surface area contributed by atoms with E-state index >= 15 is 0 Å². The molecule has 0 bridgehead atoms. The van der Waals surface area contributed by atoms with Crippen LogP contribution in [0.5, 0.6) is 0 Å². The highest BCUT2D eigenvalue weighted by atomic mass is 16.1. The molecule has 1 saturated heterocycles. The Bertz CT molecular complexity index is 943. The Labute approximate surface area is 167 Å². The summed E-state index contributed by atoms with van der Waals surface area (Å²) in [5.74, 6) is 0.763. The number of carbonyl (C=O) groups is 1. The Morgan fingerprint density at radius 3 is 2.64 bits per heavy atom. The van der Waals surface area contributed by atoms with E-state index in [-0.39, 0.29) is 5.91 Å². The molecular weight excluding hydrogens is 344 g/mol. The number of nitrogens with zero attached hydrogens (tertiary/aromatic N) is 1. The lowest BCUT2D eigenvalue weighted by Gasteiger charge is -2.30. The Balaban J connectivity index is 1.37. The molecule has 4 rings (SSSR count). The van der Waals surface area contributed by atoms with Crippen LogP contribution in [-0.2, 0) is 13.1 Å². The molecule has 0 radical (unpaired) electrons. The summed E-state index contributed by atoms with van der Waals surface area (Å²) in [6, 6.07) is 22.6. The lowest BCUT2D eigenvalue weighted by molar-refractivity contribution is 0.0951. The fourth-order valence-electron chi connectivity index (χ4n) is 4.17. The summed E-state index contributed by atoms with van der Waals surface area (Å²) in [6.45, 7) is 6.19. The van der Waals surface area contributed by atoms with E-state index in [0.29, 0.717) is 6.54 Å². The minimum absolute atomic E-state index is 0.0221. The number of piperidine rings is 1. The molecule has 3 aromatic rings. The van der Waals surface area contributed by atoms with Crippen LogP contribution in [0.4, 0.5) is 0 Å². The largest absolute Gasteiger partial charge is 0.348 e. The van der Waals surface area contributed by atoms with Crippen molar-refractivity contribution in [3.05, 3.63) is 83.4 Å². The highest BCUT2D eigenvalue weighted by molar-refractivity contribution is 5.94. The molecule has 3 nitrogen and oxygen atoms in total. The second-order valence-corrected chi connectivity index (χ2v) is 8.00. The molecule has 0 saturated carbocycles. The van der Waals surface area contributed by atoms with Crippen molar-refractivity contribution in [3.8, 4) is 0 Å². The lowest BCUT2D eigenvalue weighted by Crippen LogP contribution is -2.33. The molecule has 0 aliphatic carbocycles. The molecule has 28 heavy (non-hydrogen) atoms. The van der Waals surface area contributed by atoms with Crippen LogP contribution in [0, 0.1) is 5.92 Å². The van der Waals surface area contributed by atoms with Gasteiger partial charge in [-0.2, -0.15) is 0 Å². The van der Waals surface area contributed by atoms with E-state index in [4.69, 9.17) is 0 Å². The van der Waals surface area contributed by atoms with E-state index in [2.05, 4.69) is 53.5 Å². The van der Waals surface area contributed by atoms with Gasteiger partial charge >= 0.3 is 0 Å². The van der Waals surface area contributed by atoms with Gasteiger partial charge in [0.25, 0.3) is 5.91 Å². The zero-order valence-corrected chi connectivity index (χ0v) is 16.5. The number of hydrogen-bond acceptors (Lipinski definition) is 2. The van der Waals surface area contributed by atoms with Crippen LogP contribution in [0.2, 0.25) is 0 Å². The van der Waals surface area contributed by atoms with E-state index in [1.54, 1.807) is 0 Å². The molecule has 1 fully saturated rings. The fourth-order valence-corrected chi connectivity index (χ4v) is 4.17. The van der Waals surface area contributed by atoms with E-state index in [9.17, 15) is 4.79 Å². The van der Waals surface area contributed by atoms with Gasteiger partial charge in [-0.15, -0.1) is 0 Å². The maximum atomic E-state index is 12.6. The normalized spacial score (nSPS) is 17.5. The summed E-state index contributed by atoms with van der Waals surface area (Å²) in [4.78, 5) is 15.1. The fraction of sp³-hybridized carbons (Fsp3) is 0.320. The van der Waals surface area contributed by atoms with Crippen LogP contribution in [0.25, 0.3) is 10.8 Å². The summed E-state index contributed by atoms with van der Waals surface area (Å²) < 4.78 is 0. The van der Waals surface area contributed by atoms with E-state index < -0.39 is 0 Å². The standard InChI is InChI=1S/C25H28N2O/c1-19-6-5-15-27(17-19)18-20-11-13-22(14-12-20)25(28)26-16-23-9-4-8-21-7-2-3-10-24(21)23/h2-4,7-14,19H,5-6,15-18H2,1H3,(H,26,28)/t19-/m0/s1. The molecular formula is C25H28N2O.